The number of hydrogen-bond acceptors (Lipinski definition) is 4. The molecule has 0 bridgehead atoms. The lowest BCUT2D eigenvalue weighted by molar-refractivity contribution is -0.124. The minimum absolute atomic E-state index is 0.0349. The van der Waals surface area contributed by atoms with Gasteiger partial charge in [-0.05, 0) is 32.1 Å². The van der Waals surface area contributed by atoms with E-state index in [-0.39, 0.29) is 5.91 Å². The van der Waals surface area contributed by atoms with E-state index in [1.54, 1.807) is 29.4 Å². The predicted octanol–water partition coefficient (Wildman–Crippen LogP) is 3.07. The summed E-state index contributed by atoms with van der Waals surface area (Å²) in [5.41, 5.74) is 0. The van der Waals surface area contributed by atoms with Gasteiger partial charge >= 0.3 is 0 Å². The third kappa shape index (κ3) is 4.06. The van der Waals surface area contributed by atoms with Crippen molar-refractivity contribution in [1.82, 2.24) is 9.88 Å². The molecule has 4 nitrogen and oxygen atoms in total. The van der Waals surface area contributed by atoms with Crippen LogP contribution in [0.25, 0.3) is 6.08 Å². The summed E-state index contributed by atoms with van der Waals surface area (Å²) in [6, 6.07) is 3.72. The molecule has 0 radical (unpaired) electrons. The van der Waals surface area contributed by atoms with Crippen molar-refractivity contribution < 1.29 is 9.21 Å². The van der Waals surface area contributed by atoms with Crippen LogP contribution in [0.5, 0.6) is 0 Å². The Labute approximate surface area is 122 Å². The number of furan rings is 1. The van der Waals surface area contributed by atoms with E-state index >= 15 is 0 Å². The number of nitrogens with zero attached hydrogens (tertiary/aromatic N) is 2. The molecule has 2 heterocycles. The molecule has 0 saturated carbocycles. The van der Waals surface area contributed by atoms with E-state index in [2.05, 4.69) is 4.98 Å². The summed E-state index contributed by atoms with van der Waals surface area (Å²) in [7, 11) is 1.79. The lowest BCUT2D eigenvalue weighted by Gasteiger charge is -2.13. The van der Waals surface area contributed by atoms with Crippen molar-refractivity contribution in [3.05, 3.63) is 45.8 Å². The number of carbonyl (C=O) groups is 1. The second-order valence-corrected chi connectivity index (χ2v) is 5.98. The van der Waals surface area contributed by atoms with Crippen LogP contribution < -0.4 is 0 Å². The summed E-state index contributed by atoms with van der Waals surface area (Å²) in [6.45, 7) is 4.57. The van der Waals surface area contributed by atoms with Crippen molar-refractivity contribution >= 4 is 23.3 Å². The average molecular weight is 290 g/mol. The normalized spacial score (nSPS) is 11.2. The molecule has 0 aliphatic rings. The Morgan fingerprint density at radius 3 is 2.85 bits per heavy atom. The van der Waals surface area contributed by atoms with E-state index < -0.39 is 0 Å². The Bertz CT molecular complexity index is 613. The first-order chi connectivity index (χ1) is 9.54. The van der Waals surface area contributed by atoms with Crippen LogP contribution in [-0.2, 0) is 11.2 Å². The Kier molecular flexibility index (Phi) is 4.74. The maximum Gasteiger partial charge on any atom is 0.246 e. The number of carbonyl (C=O) groups excluding carboxylic acids is 1. The van der Waals surface area contributed by atoms with Crippen molar-refractivity contribution in [2.24, 2.45) is 0 Å². The van der Waals surface area contributed by atoms with Crippen molar-refractivity contribution in [3.63, 3.8) is 0 Å². The van der Waals surface area contributed by atoms with Crippen molar-refractivity contribution in [3.8, 4) is 0 Å². The smallest absolute Gasteiger partial charge is 0.246 e. The number of likely N-dealkylation sites (N-methyl/N-ethyl adjacent to an activating group) is 1. The molecule has 0 N–H and O–H groups in total. The molecule has 106 valence electrons. The zero-order valence-corrected chi connectivity index (χ0v) is 12.7. The summed E-state index contributed by atoms with van der Waals surface area (Å²) >= 11 is 1.67. The van der Waals surface area contributed by atoms with Gasteiger partial charge in [-0.2, -0.15) is 0 Å². The van der Waals surface area contributed by atoms with Crippen LogP contribution in [0.15, 0.2) is 28.8 Å². The Hall–Kier alpha value is -1.88. The molecule has 2 aromatic heterocycles. The van der Waals surface area contributed by atoms with Crippen LogP contribution in [0.2, 0.25) is 0 Å². The first-order valence-electron chi connectivity index (χ1n) is 6.45. The largest absolute Gasteiger partial charge is 0.462 e. The molecule has 0 atom stereocenters. The van der Waals surface area contributed by atoms with Gasteiger partial charge < -0.3 is 9.32 Å². The van der Waals surface area contributed by atoms with Gasteiger partial charge in [-0.25, -0.2) is 4.98 Å². The van der Waals surface area contributed by atoms with Gasteiger partial charge in [-0.3, -0.25) is 4.79 Å². The predicted molar refractivity (Wildman–Crippen MR) is 80.7 cm³/mol. The lowest BCUT2D eigenvalue weighted by atomic mass is 10.3. The number of amides is 1. The van der Waals surface area contributed by atoms with Crippen LogP contribution in [-0.4, -0.2) is 29.4 Å². The zero-order valence-electron chi connectivity index (χ0n) is 11.9. The monoisotopic (exact) mass is 290 g/mol. The van der Waals surface area contributed by atoms with Crippen molar-refractivity contribution in [1.29, 1.82) is 0 Å². The average Bonchev–Trinajstić information content (AvgIpc) is 3.02. The van der Waals surface area contributed by atoms with E-state index in [1.807, 2.05) is 32.2 Å². The van der Waals surface area contributed by atoms with Gasteiger partial charge in [-0.1, -0.05) is 0 Å². The van der Waals surface area contributed by atoms with Crippen LogP contribution in [0.4, 0.5) is 0 Å². The summed E-state index contributed by atoms with van der Waals surface area (Å²) < 4.78 is 5.38. The van der Waals surface area contributed by atoms with Crippen LogP contribution in [0.1, 0.15) is 21.4 Å². The van der Waals surface area contributed by atoms with Gasteiger partial charge in [0.25, 0.3) is 0 Å². The minimum Gasteiger partial charge on any atom is -0.462 e. The van der Waals surface area contributed by atoms with Crippen LogP contribution >= 0.6 is 11.3 Å². The Balaban J connectivity index is 1.84. The first kappa shape index (κ1) is 14.5. The molecule has 0 spiro atoms. The number of hydrogen-bond donors (Lipinski definition) is 0. The summed E-state index contributed by atoms with van der Waals surface area (Å²) in [5, 5.41) is 1.06. The molecule has 0 fully saturated rings. The second-order valence-electron chi connectivity index (χ2n) is 4.66. The summed E-state index contributed by atoms with van der Waals surface area (Å²) in [5.74, 6) is 1.50. The van der Waals surface area contributed by atoms with Gasteiger partial charge in [0, 0.05) is 37.2 Å². The second kappa shape index (κ2) is 6.52. The molecule has 1 amide bonds. The molecule has 0 aliphatic carbocycles. The quantitative estimate of drug-likeness (QED) is 0.795. The fourth-order valence-corrected chi connectivity index (χ4v) is 2.49. The molecule has 0 aliphatic heterocycles. The molecule has 20 heavy (non-hydrogen) atoms. The number of aryl methyl sites for hydroxylation is 2. The van der Waals surface area contributed by atoms with E-state index in [9.17, 15) is 4.79 Å². The number of aromatic nitrogens is 1. The lowest BCUT2D eigenvalue weighted by Crippen LogP contribution is -2.26. The molecule has 5 heteroatoms. The van der Waals surface area contributed by atoms with E-state index in [0.29, 0.717) is 12.3 Å². The number of thiazole rings is 1. The molecule has 0 unspecified atom stereocenters. The third-order valence-corrected chi connectivity index (χ3v) is 3.83. The summed E-state index contributed by atoms with van der Waals surface area (Å²) in [6.07, 6.45) is 5.88. The third-order valence-electron chi connectivity index (χ3n) is 2.86. The van der Waals surface area contributed by atoms with Crippen molar-refractivity contribution in [2.75, 3.05) is 13.6 Å². The fourth-order valence-electron chi connectivity index (χ4n) is 1.71. The molecular formula is C15H18N2O2S. The van der Waals surface area contributed by atoms with Gasteiger partial charge in [0.05, 0.1) is 5.01 Å². The van der Waals surface area contributed by atoms with Gasteiger partial charge in [0.15, 0.2) is 0 Å². The Morgan fingerprint density at radius 1 is 1.45 bits per heavy atom. The standard InChI is InChI=1S/C15H18N2O2S/c1-11-4-5-13(19-11)6-7-15(18)17(3)9-8-14-16-10-12(2)20-14/h4-7,10H,8-9H2,1-3H3/b7-6+. The molecule has 0 saturated heterocycles. The van der Waals surface area contributed by atoms with Crippen LogP contribution in [0.3, 0.4) is 0 Å². The maximum absolute atomic E-state index is 11.9. The van der Waals surface area contributed by atoms with Gasteiger partial charge in [-0.15, -0.1) is 11.3 Å². The Morgan fingerprint density at radius 2 is 2.25 bits per heavy atom. The SMILES string of the molecule is Cc1ccc(/C=C/C(=O)N(C)CCc2ncc(C)s2)o1. The first-order valence-corrected chi connectivity index (χ1v) is 7.27. The van der Waals surface area contributed by atoms with Crippen molar-refractivity contribution in [2.45, 2.75) is 20.3 Å². The summed E-state index contributed by atoms with van der Waals surface area (Å²) in [4.78, 5) is 19.1. The molecule has 2 aromatic rings. The highest BCUT2D eigenvalue weighted by molar-refractivity contribution is 7.11. The highest BCUT2D eigenvalue weighted by Gasteiger charge is 2.07. The maximum atomic E-state index is 11.9. The van der Waals surface area contributed by atoms with Crippen LogP contribution in [0, 0.1) is 13.8 Å². The van der Waals surface area contributed by atoms with Gasteiger partial charge in [0.1, 0.15) is 11.5 Å². The van der Waals surface area contributed by atoms with E-state index in [0.717, 1.165) is 17.2 Å². The topological polar surface area (TPSA) is 46.3 Å². The highest BCUT2D eigenvalue weighted by atomic mass is 32.1. The van der Waals surface area contributed by atoms with E-state index in [1.165, 1.54) is 11.0 Å². The van der Waals surface area contributed by atoms with E-state index in [4.69, 9.17) is 4.42 Å². The highest BCUT2D eigenvalue weighted by Crippen LogP contribution is 2.12. The molecule has 2 rings (SSSR count). The fraction of sp³-hybridized carbons (Fsp3) is 0.333. The minimum atomic E-state index is -0.0349. The van der Waals surface area contributed by atoms with Gasteiger partial charge in [0.2, 0.25) is 5.91 Å². The number of rotatable bonds is 5. The zero-order chi connectivity index (χ0) is 14.5. The molecular weight excluding hydrogens is 272 g/mol. The molecule has 0 aromatic carbocycles.